The van der Waals surface area contributed by atoms with Gasteiger partial charge in [-0.15, -0.1) is 13.2 Å². The second kappa shape index (κ2) is 13.0. The summed E-state index contributed by atoms with van der Waals surface area (Å²) in [7, 11) is 0. The number of likely N-dealkylation sites (tertiary alicyclic amines) is 1. The van der Waals surface area contributed by atoms with Crippen molar-refractivity contribution in [1.82, 2.24) is 19.9 Å². The van der Waals surface area contributed by atoms with E-state index in [1.54, 1.807) is 0 Å². The van der Waals surface area contributed by atoms with E-state index < -0.39 is 24.0 Å². The average Bonchev–Trinajstić information content (AvgIpc) is 3.58. The molecule has 4 heterocycles. The summed E-state index contributed by atoms with van der Waals surface area (Å²) in [6.07, 6.45) is 2.00. The van der Waals surface area contributed by atoms with Crippen molar-refractivity contribution in [2.24, 2.45) is 5.92 Å². The van der Waals surface area contributed by atoms with Gasteiger partial charge in [0.15, 0.2) is 5.13 Å². The van der Waals surface area contributed by atoms with E-state index in [0.29, 0.717) is 55.6 Å². The van der Waals surface area contributed by atoms with Crippen molar-refractivity contribution in [3.63, 3.8) is 0 Å². The lowest BCUT2D eigenvalue weighted by molar-refractivity contribution is -0.274. The first-order valence-corrected chi connectivity index (χ1v) is 15.1. The summed E-state index contributed by atoms with van der Waals surface area (Å²) in [5.41, 5.74) is 0.793. The number of carbonyl (C=O) groups excluding carboxylic acids is 1. The van der Waals surface area contributed by atoms with Gasteiger partial charge in [0, 0.05) is 41.1 Å². The predicted molar refractivity (Wildman–Crippen MR) is 156 cm³/mol. The van der Waals surface area contributed by atoms with Crippen LogP contribution in [0.1, 0.15) is 54.4 Å². The highest BCUT2D eigenvalue weighted by atomic mass is 35.5. The highest BCUT2D eigenvalue weighted by molar-refractivity contribution is 7.16. The van der Waals surface area contributed by atoms with Gasteiger partial charge in [-0.2, -0.15) is 0 Å². The van der Waals surface area contributed by atoms with Crippen molar-refractivity contribution in [3.8, 4) is 17.0 Å². The monoisotopic (exact) mass is 638 g/mol. The Morgan fingerprint density at radius 3 is 2.56 bits per heavy atom. The van der Waals surface area contributed by atoms with Crippen LogP contribution in [-0.2, 0) is 11.3 Å². The van der Waals surface area contributed by atoms with Gasteiger partial charge in [-0.05, 0) is 56.8 Å². The topological polar surface area (TPSA) is 121 Å². The van der Waals surface area contributed by atoms with Crippen LogP contribution in [0.3, 0.4) is 0 Å². The van der Waals surface area contributed by atoms with Gasteiger partial charge >= 0.3 is 12.3 Å². The third-order valence-corrected chi connectivity index (χ3v) is 8.83. The minimum Gasteiger partial charge on any atom is -0.481 e. The molecule has 2 fully saturated rings. The van der Waals surface area contributed by atoms with E-state index in [-0.39, 0.29) is 21.8 Å². The summed E-state index contributed by atoms with van der Waals surface area (Å²) in [6.45, 7) is 4.56. The molecule has 5 rings (SSSR count). The number of anilines is 2. The third-order valence-electron chi connectivity index (χ3n) is 7.65. The molecular formula is C28H30ClF3N6O4S. The number of halogens is 4. The van der Waals surface area contributed by atoms with Crippen LogP contribution in [0.15, 0.2) is 30.6 Å². The maximum atomic E-state index is 13.1. The van der Waals surface area contributed by atoms with Gasteiger partial charge in [0.2, 0.25) is 0 Å². The third kappa shape index (κ3) is 7.73. The normalized spacial score (nSPS) is 18.2. The van der Waals surface area contributed by atoms with Crippen LogP contribution in [0.2, 0.25) is 5.02 Å². The number of alkyl halides is 3. The van der Waals surface area contributed by atoms with E-state index >= 15 is 0 Å². The fourth-order valence-electron chi connectivity index (χ4n) is 5.50. The van der Waals surface area contributed by atoms with Crippen molar-refractivity contribution in [3.05, 3.63) is 46.2 Å². The molecule has 0 aliphatic carbocycles. The number of benzene rings is 1. The molecule has 1 aromatic carbocycles. The average molecular weight is 639 g/mol. The van der Waals surface area contributed by atoms with Gasteiger partial charge < -0.3 is 14.7 Å². The first-order chi connectivity index (χ1) is 20.5. The number of carboxylic acids is 1. The lowest BCUT2D eigenvalue weighted by Gasteiger charge is -2.30. The molecule has 2 aliphatic heterocycles. The number of thiazole rings is 1. The van der Waals surface area contributed by atoms with Crippen LogP contribution in [0.4, 0.5) is 24.1 Å². The SMILES string of the molecule is CC[C@@H]1CCCN1Cc1sc(NC(=O)c2cnc(N3CCC(C(=O)O)CC3)cn2)nc1-c1cc(Cl)cc(OC(F)(F)F)c1. The first kappa shape index (κ1) is 31.0. The molecule has 1 atom stereocenters. The smallest absolute Gasteiger partial charge is 0.481 e. The minimum atomic E-state index is -4.89. The van der Waals surface area contributed by atoms with E-state index in [1.165, 1.54) is 35.9 Å². The number of piperidine rings is 1. The number of hydrogen-bond donors (Lipinski definition) is 2. The second-order valence-corrected chi connectivity index (χ2v) is 12.0. The molecule has 2 N–H and O–H groups in total. The predicted octanol–water partition coefficient (Wildman–Crippen LogP) is 6.08. The number of rotatable bonds is 9. The van der Waals surface area contributed by atoms with Crippen LogP contribution in [0.5, 0.6) is 5.75 Å². The van der Waals surface area contributed by atoms with Crippen molar-refractivity contribution in [1.29, 1.82) is 0 Å². The Hall–Kier alpha value is -3.49. The Bertz CT molecular complexity index is 1460. The number of nitrogens with one attached hydrogen (secondary N) is 1. The van der Waals surface area contributed by atoms with Crippen LogP contribution >= 0.6 is 22.9 Å². The number of carboxylic acid groups (broad SMARTS) is 1. The summed E-state index contributed by atoms with van der Waals surface area (Å²) in [4.78, 5) is 42.5. The molecule has 10 nitrogen and oxygen atoms in total. The largest absolute Gasteiger partial charge is 0.573 e. The summed E-state index contributed by atoms with van der Waals surface area (Å²) in [5.74, 6) is -1.64. The Kier molecular flexibility index (Phi) is 9.37. The number of aromatic nitrogens is 3. The van der Waals surface area contributed by atoms with Gasteiger partial charge in [0.25, 0.3) is 5.91 Å². The lowest BCUT2D eigenvalue weighted by atomic mass is 9.97. The summed E-state index contributed by atoms with van der Waals surface area (Å²) < 4.78 is 43.0. The van der Waals surface area contributed by atoms with Crippen LogP contribution in [0, 0.1) is 5.92 Å². The summed E-state index contributed by atoms with van der Waals surface area (Å²) >= 11 is 7.40. The van der Waals surface area contributed by atoms with Gasteiger partial charge in [-0.1, -0.05) is 29.9 Å². The number of nitrogens with zero attached hydrogens (tertiary/aromatic N) is 5. The maximum absolute atomic E-state index is 13.1. The quantitative estimate of drug-likeness (QED) is 0.287. The number of aliphatic carboxylic acids is 1. The van der Waals surface area contributed by atoms with E-state index in [0.717, 1.165) is 36.8 Å². The second-order valence-electron chi connectivity index (χ2n) is 10.5. The van der Waals surface area contributed by atoms with Crippen molar-refractivity contribution >= 4 is 45.8 Å². The molecule has 0 spiro atoms. The Morgan fingerprint density at radius 1 is 1.14 bits per heavy atom. The van der Waals surface area contributed by atoms with Crippen LogP contribution in [-0.4, -0.2) is 68.9 Å². The number of hydrogen-bond acceptors (Lipinski definition) is 9. The number of amides is 1. The Morgan fingerprint density at radius 2 is 1.91 bits per heavy atom. The van der Waals surface area contributed by atoms with Crippen LogP contribution < -0.4 is 15.0 Å². The van der Waals surface area contributed by atoms with Gasteiger partial charge in [-0.3, -0.25) is 19.8 Å². The lowest BCUT2D eigenvalue weighted by Crippen LogP contribution is -2.36. The van der Waals surface area contributed by atoms with Crippen molar-refractivity contribution < 1.29 is 32.6 Å². The minimum absolute atomic E-state index is 0.0523. The molecule has 1 amide bonds. The van der Waals surface area contributed by atoms with E-state index in [2.05, 4.69) is 36.8 Å². The molecule has 2 saturated heterocycles. The molecule has 0 unspecified atom stereocenters. The fourth-order valence-corrected chi connectivity index (χ4v) is 6.73. The fraction of sp³-hybridized carbons (Fsp3) is 0.464. The zero-order valence-corrected chi connectivity index (χ0v) is 24.8. The molecular weight excluding hydrogens is 609 g/mol. The van der Waals surface area contributed by atoms with E-state index in [9.17, 15) is 27.9 Å². The Balaban J connectivity index is 1.36. The number of carbonyl (C=O) groups is 2. The molecule has 0 saturated carbocycles. The molecule has 43 heavy (non-hydrogen) atoms. The molecule has 0 radical (unpaired) electrons. The zero-order chi connectivity index (χ0) is 30.7. The first-order valence-electron chi connectivity index (χ1n) is 13.9. The van der Waals surface area contributed by atoms with Gasteiger partial charge in [0.1, 0.15) is 17.3 Å². The highest BCUT2D eigenvalue weighted by Gasteiger charge is 2.32. The number of ether oxygens (including phenoxy) is 1. The van der Waals surface area contributed by atoms with Crippen molar-refractivity contribution in [2.75, 3.05) is 29.9 Å². The zero-order valence-electron chi connectivity index (χ0n) is 23.2. The Labute approximate surface area is 254 Å². The highest BCUT2D eigenvalue weighted by Crippen LogP contribution is 2.38. The van der Waals surface area contributed by atoms with E-state index in [4.69, 9.17) is 11.6 Å². The molecule has 2 aliphatic rings. The maximum Gasteiger partial charge on any atom is 0.573 e. The molecule has 230 valence electrons. The summed E-state index contributed by atoms with van der Waals surface area (Å²) in [5, 5.41) is 12.3. The summed E-state index contributed by atoms with van der Waals surface area (Å²) in [6, 6.07) is 4.20. The van der Waals surface area contributed by atoms with Gasteiger partial charge in [-0.25, -0.2) is 15.0 Å². The van der Waals surface area contributed by atoms with E-state index in [1.807, 2.05) is 4.90 Å². The van der Waals surface area contributed by atoms with Crippen LogP contribution in [0.25, 0.3) is 11.3 Å². The molecule has 2 aromatic heterocycles. The standard InChI is InChI=1S/C28H30ClF3N6O4S/c1-2-19-4-3-7-38(19)15-22-24(17-10-18(29)12-20(11-17)42-28(30,31)32)35-27(43-22)36-25(39)21-13-34-23(14-33-21)37-8-5-16(6-9-37)26(40)41/h10-14,16,19H,2-9,15H2,1H3,(H,40,41)(H,35,36,39)/t19-/m1/s1. The van der Waals surface area contributed by atoms with Crippen molar-refractivity contribution in [2.45, 2.75) is 58.0 Å². The molecule has 0 bridgehead atoms. The molecule has 3 aromatic rings. The van der Waals surface area contributed by atoms with Gasteiger partial charge in [0.05, 0.1) is 24.0 Å². The molecule has 15 heteroatoms.